The van der Waals surface area contributed by atoms with Gasteiger partial charge in [0.15, 0.2) is 11.6 Å². The first-order valence-electron chi connectivity index (χ1n) is 4.52. The first kappa shape index (κ1) is 8.23. The molecule has 0 saturated heterocycles. The number of aromatic nitrogens is 2. The van der Waals surface area contributed by atoms with Crippen molar-refractivity contribution in [3.63, 3.8) is 0 Å². The molecule has 0 amide bonds. The number of halogens is 1. The molecule has 0 aliphatic heterocycles. The Morgan fingerprint density at radius 1 is 1.27 bits per heavy atom. The third-order valence-electron chi connectivity index (χ3n) is 2.20. The van der Waals surface area contributed by atoms with Crippen molar-refractivity contribution in [2.24, 2.45) is 0 Å². The summed E-state index contributed by atoms with van der Waals surface area (Å²) in [4.78, 5) is 7.27. The number of hydrogen-bond donors (Lipinski definition) is 1. The first-order valence-corrected chi connectivity index (χ1v) is 4.52. The molecule has 2 aromatic heterocycles. The highest BCUT2D eigenvalue weighted by atomic mass is 19.1. The van der Waals surface area contributed by atoms with Gasteiger partial charge in [0, 0.05) is 0 Å². The van der Waals surface area contributed by atoms with Gasteiger partial charge in [0.25, 0.3) is 0 Å². The fourth-order valence-electron chi connectivity index (χ4n) is 1.51. The average Bonchev–Trinajstić information content (AvgIpc) is 2.84. The van der Waals surface area contributed by atoms with Gasteiger partial charge in [-0.2, -0.15) is 0 Å². The van der Waals surface area contributed by atoms with E-state index >= 15 is 0 Å². The molecule has 3 aromatic rings. The second kappa shape index (κ2) is 2.95. The molecule has 0 spiro atoms. The summed E-state index contributed by atoms with van der Waals surface area (Å²) in [7, 11) is 0. The molecular weight excluding hydrogens is 195 g/mol. The lowest BCUT2D eigenvalue weighted by Crippen LogP contribution is -1.74. The summed E-state index contributed by atoms with van der Waals surface area (Å²) in [5.41, 5.74) is 1.39. The van der Waals surface area contributed by atoms with E-state index in [1.807, 2.05) is 0 Å². The summed E-state index contributed by atoms with van der Waals surface area (Å²) in [5.74, 6) is 0.976. The lowest BCUT2D eigenvalue weighted by atomic mass is 10.3. The van der Waals surface area contributed by atoms with E-state index in [-0.39, 0.29) is 5.82 Å². The fraction of sp³-hybridized carbons (Fsp3) is 0. The van der Waals surface area contributed by atoms with Crippen molar-refractivity contribution in [3.8, 4) is 11.6 Å². The van der Waals surface area contributed by atoms with E-state index in [4.69, 9.17) is 4.42 Å². The summed E-state index contributed by atoms with van der Waals surface area (Å²) in [6.07, 6.45) is 1.57. The van der Waals surface area contributed by atoms with Crippen LogP contribution in [0.25, 0.3) is 22.6 Å². The molecule has 1 aromatic carbocycles. The summed E-state index contributed by atoms with van der Waals surface area (Å²) in [6.45, 7) is 0. The number of hydrogen-bond acceptors (Lipinski definition) is 2. The molecule has 0 atom stereocenters. The van der Waals surface area contributed by atoms with Gasteiger partial charge >= 0.3 is 0 Å². The monoisotopic (exact) mass is 202 g/mol. The summed E-state index contributed by atoms with van der Waals surface area (Å²) in [5, 5.41) is 0. The van der Waals surface area contributed by atoms with E-state index < -0.39 is 0 Å². The summed E-state index contributed by atoms with van der Waals surface area (Å²) >= 11 is 0. The maximum Gasteiger partial charge on any atom is 0.174 e. The van der Waals surface area contributed by atoms with Gasteiger partial charge in [-0.05, 0) is 30.3 Å². The Morgan fingerprint density at radius 2 is 2.20 bits per heavy atom. The second-order valence-electron chi connectivity index (χ2n) is 3.22. The zero-order chi connectivity index (χ0) is 10.3. The third-order valence-corrected chi connectivity index (χ3v) is 2.20. The molecule has 3 rings (SSSR count). The SMILES string of the molecule is Fc1ccc2nc(-c3ccco3)[nH]c2c1. The highest BCUT2D eigenvalue weighted by Gasteiger charge is 2.07. The smallest absolute Gasteiger partial charge is 0.174 e. The molecule has 0 bridgehead atoms. The summed E-state index contributed by atoms with van der Waals surface area (Å²) in [6, 6.07) is 8.01. The highest BCUT2D eigenvalue weighted by Crippen LogP contribution is 2.20. The quantitative estimate of drug-likeness (QED) is 0.659. The number of aromatic amines is 1. The van der Waals surface area contributed by atoms with Crippen LogP contribution < -0.4 is 0 Å². The van der Waals surface area contributed by atoms with E-state index in [2.05, 4.69) is 9.97 Å². The van der Waals surface area contributed by atoms with Gasteiger partial charge in [-0.25, -0.2) is 9.37 Å². The molecule has 0 aliphatic carbocycles. The molecule has 0 unspecified atom stereocenters. The van der Waals surface area contributed by atoms with Crippen molar-refractivity contribution in [2.75, 3.05) is 0 Å². The highest BCUT2D eigenvalue weighted by molar-refractivity contribution is 5.78. The van der Waals surface area contributed by atoms with E-state index in [0.29, 0.717) is 17.1 Å². The number of fused-ring (bicyclic) bond motifs is 1. The predicted molar refractivity (Wildman–Crippen MR) is 53.8 cm³/mol. The molecule has 0 aliphatic rings. The van der Waals surface area contributed by atoms with Gasteiger partial charge in [0.05, 0.1) is 17.3 Å². The topological polar surface area (TPSA) is 41.8 Å². The minimum atomic E-state index is -0.280. The molecule has 2 heterocycles. The lowest BCUT2D eigenvalue weighted by molar-refractivity contribution is 0.578. The maximum absolute atomic E-state index is 12.9. The minimum Gasteiger partial charge on any atom is -0.461 e. The van der Waals surface area contributed by atoms with Crippen molar-refractivity contribution in [1.29, 1.82) is 0 Å². The number of nitrogens with one attached hydrogen (secondary N) is 1. The van der Waals surface area contributed by atoms with Crippen LogP contribution in [-0.2, 0) is 0 Å². The van der Waals surface area contributed by atoms with Crippen LogP contribution in [0.1, 0.15) is 0 Å². The normalized spacial score (nSPS) is 11.0. The molecule has 15 heavy (non-hydrogen) atoms. The zero-order valence-corrected chi connectivity index (χ0v) is 7.70. The molecule has 0 saturated carbocycles. The van der Waals surface area contributed by atoms with Crippen LogP contribution in [0, 0.1) is 5.82 Å². The Bertz CT molecular complexity index is 598. The number of benzene rings is 1. The van der Waals surface area contributed by atoms with Crippen LogP contribution >= 0.6 is 0 Å². The Balaban J connectivity index is 2.22. The van der Waals surface area contributed by atoms with Gasteiger partial charge in [0.1, 0.15) is 5.82 Å². The minimum absolute atomic E-state index is 0.280. The lowest BCUT2D eigenvalue weighted by Gasteiger charge is -1.86. The Hall–Kier alpha value is -2.10. The van der Waals surface area contributed by atoms with Crippen molar-refractivity contribution in [3.05, 3.63) is 42.4 Å². The van der Waals surface area contributed by atoms with Crippen molar-refractivity contribution < 1.29 is 8.81 Å². The molecule has 4 heteroatoms. The van der Waals surface area contributed by atoms with Crippen LogP contribution in [0.5, 0.6) is 0 Å². The van der Waals surface area contributed by atoms with Crippen LogP contribution in [0.15, 0.2) is 41.0 Å². The molecule has 0 fully saturated rings. The Kier molecular flexibility index (Phi) is 1.62. The summed E-state index contributed by atoms with van der Waals surface area (Å²) < 4.78 is 18.1. The van der Waals surface area contributed by atoms with Crippen molar-refractivity contribution in [1.82, 2.24) is 9.97 Å². The van der Waals surface area contributed by atoms with Crippen LogP contribution in [-0.4, -0.2) is 9.97 Å². The molecule has 74 valence electrons. The van der Waals surface area contributed by atoms with Gasteiger partial charge < -0.3 is 9.40 Å². The number of rotatable bonds is 1. The van der Waals surface area contributed by atoms with E-state index in [9.17, 15) is 4.39 Å². The second-order valence-corrected chi connectivity index (χ2v) is 3.22. The van der Waals surface area contributed by atoms with Crippen LogP contribution in [0.2, 0.25) is 0 Å². The molecular formula is C11H7FN2O. The maximum atomic E-state index is 12.9. The third kappa shape index (κ3) is 1.30. The largest absolute Gasteiger partial charge is 0.461 e. The van der Waals surface area contributed by atoms with Gasteiger partial charge in [-0.15, -0.1) is 0 Å². The van der Waals surface area contributed by atoms with Crippen LogP contribution in [0.3, 0.4) is 0 Å². The van der Waals surface area contributed by atoms with Crippen molar-refractivity contribution >= 4 is 11.0 Å². The van der Waals surface area contributed by atoms with E-state index in [1.54, 1.807) is 24.5 Å². The average molecular weight is 202 g/mol. The molecule has 3 nitrogen and oxygen atoms in total. The molecule has 1 N–H and O–H groups in total. The Morgan fingerprint density at radius 3 is 3.00 bits per heavy atom. The zero-order valence-electron chi connectivity index (χ0n) is 7.70. The number of nitrogens with zero attached hydrogens (tertiary/aromatic N) is 1. The predicted octanol–water partition coefficient (Wildman–Crippen LogP) is 2.96. The standard InChI is InChI=1S/C11H7FN2O/c12-7-3-4-8-9(6-7)14-11(13-8)10-2-1-5-15-10/h1-6H,(H,13,14). The van der Waals surface area contributed by atoms with Gasteiger partial charge in [-0.1, -0.05) is 0 Å². The number of furan rings is 1. The van der Waals surface area contributed by atoms with E-state index in [1.165, 1.54) is 12.1 Å². The first-order chi connectivity index (χ1) is 7.33. The van der Waals surface area contributed by atoms with E-state index in [0.717, 1.165) is 5.52 Å². The number of H-pyrrole nitrogens is 1. The molecule has 0 radical (unpaired) electrons. The van der Waals surface area contributed by atoms with Gasteiger partial charge in [-0.3, -0.25) is 0 Å². The fourth-order valence-corrected chi connectivity index (χ4v) is 1.51. The van der Waals surface area contributed by atoms with Gasteiger partial charge in [0.2, 0.25) is 0 Å². The van der Waals surface area contributed by atoms with Crippen molar-refractivity contribution in [2.45, 2.75) is 0 Å². The van der Waals surface area contributed by atoms with Crippen LogP contribution in [0.4, 0.5) is 4.39 Å². The number of imidazole rings is 1. The Labute approximate surface area is 84.6 Å².